The number of imidazole rings is 1. The summed E-state index contributed by atoms with van der Waals surface area (Å²) in [6, 6.07) is -0.297. The lowest BCUT2D eigenvalue weighted by molar-refractivity contribution is 0.118. The number of anilines is 1. The number of fused-ring (bicyclic) bond motifs is 1. The fourth-order valence-corrected chi connectivity index (χ4v) is 2.07. The van der Waals surface area contributed by atoms with Gasteiger partial charge < -0.3 is 20.5 Å². The fourth-order valence-electron chi connectivity index (χ4n) is 2.07. The maximum atomic E-state index is 9.82. The Balaban J connectivity index is 2.11. The standard InChI is InChI=1S/C10H11N5O2/c11-9-7-10(13-3-12-9)15(4-14-7)5-1-2-6(16)8(5)17/h2-5,8,16-17H,1H2,(H2,11,12,13)/t5-,8+/m1/s1. The van der Waals surface area contributed by atoms with Crippen LogP contribution in [0.3, 0.4) is 0 Å². The first-order valence-corrected chi connectivity index (χ1v) is 5.18. The number of nitrogen functional groups attached to an aromatic ring is 1. The van der Waals surface area contributed by atoms with E-state index < -0.39 is 6.10 Å². The first-order valence-electron chi connectivity index (χ1n) is 5.18. The highest BCUT2D eigenvalue weighted by molar-refractivity contribution is 5.81. The Hall–Kier alpha value is -2.15. The SMILES string of the molecule is Nc1ncnc2c1ncn2[C@@H]1CC=C(O)[C@H]1O. The maximum Gasteiger partial charge on any atom is 0.165 e. The zero-order valence-corrected chi connectivity index (χ0v) is 8.85. The molecule has 0 saturated heterocycles. The third kappa shape index (κ3) is 1.36. The quantitative estimate of drug-likeness (QED) is 0.647. The number of rotatable bonds is 1. The highest BCUT2D eigenvalue weighted by Crippen LogP contribution is 2.31. The Morgan fingerprint density at radius 2 is 2.18 bits per heavy atom. The molecule has 7 nitrogen and oxygen atoms in total. The minimum absolute atomic E-state index is 0.0149. The van der Waals surface area contributed by atoms with Crippen LogP contribution in [0.4, 0.5) is 5.82 Å². The van der Waals surface area contributed by atoms with E-state index in [0.717, 1.165) is 0 Å². The number of nitrogens with zero attached hydrogens (tertiary/aromatic N) is 4. The van der Waals surface area contributed by atoms with Crippen LogP contribution in [0.2, 0.25) is 0 Å². The zero-order chi connectivity index (χ0) is 12.0. The lowest BCUT2D eigenvalue weighted by Crippen LogP contribution is -2.21. The molecule has 2 aromatic heterocycles. The second kappa shape index (κ2) is 3.42. The fraction of sp³-hybridized carbons (Fsp3) is 0.300. The third-order valence-corrected chi connectivity index (χ3v) is 2.98. The van der Waals surface area contributed by atoms with E-state index >= 15 is 0 Å². The maximum absolute atomic E-state index is 9.82. The van der Waals surface area contributed by atoms with Gasteiger partial charge in [-0.1, -0.05) is 0 Å². The van der Waals surface area contributed by atoms with Crippen LogP contribution >= 0.6 is 0 Å². The Morgan fingerprint density at radius 1 is 1.35 bits per heavy atom. The average Bonchev–Trinajstić information content (AvgIpc) is 2.86. The summed E-state index contributed by atoms with van der Waals surface area (Å²) in [6.07, 6.45) is 4.10. The number of hydrogen-bond donors (Lipinski definition) is 3. The molecule has 0 amide bonds. The number of hydrogen-bond acceptors (Lipinski definition) is 6. The van der Waals surface area contributed by atoms with Crippen molar-refractivity contribution in [2.45, 2.75) is 18.6 Å². The van der Waals surface area contributed by atoms with Crippen LogP contribution in [0.15, 0.2) is 24.5 Å². The number of aliphatic hydroxyl groups is 2. The molecule has 0 saturated carbocycles. The van der Waals surface area contributed by atoms with Crippen molar-refractivity contribution in [2.24, 2.45) is 0 Å². The number of aliphatic hydroxyl groups excluding tert-OH is 2. The molecule has 0 radical (unpaired) electrons. The van der Waals surface area contributed by atoms with Crippen LogP contribution in [0.25, 0.3) is 11.2 Å². The molecule has 1 aliphatic rings. The second-order valence-electron chi connectivity index (χ2n) is 3.96. The molecule has 0 unspecified atom stereocenters. The Kier molecular flexibility index (Phi) is 2.02. The largest absolute Gasteiger partial charge is 0.510 e. The topological polar surface area (TPSA) is 110 Å². The third-order valence-electron chi connectivity index (χ3n) is 2.98. The van der Waals surface area contributed by atoms with Gasteiger partial charge in [-0.05, 0) is 12.5 Å². The van der Waals surface area contributed by atoms with Crippen molar-refractivity contribution in [3.8, 4) is 0 Å². The molecule has 0 fully saturated rings. The molecule has 0 spiro atoms. The van der Waals surface area contributed by atoms with Crippen LogP contribution in [0.5, 0.6) is 0 Å². The highest BCUT2D eigenvalue weighted by atomic mass is 16.3. The number of nitrogens with two attached hydrogens (primary N) is 1. The van der Waals surface area contributed by atoms with Gasteiger partial charge in [0.05, 0.1) is 12.4 Å². The molecule has 0 bridgehead atoms. The van der Waals surface area contributed by atoms with Crippen LogP contribution in [0, 0.1) is 0 Å². The summed E-state index contributed by atoms with van der Waals surface area (Å²) in [5.41, 5.74) is 6.74. The lowest BCUT2D eigenvalue weighted by atomic mass is 10.2. The zero-order valence-electron chi connectivity index (χ0n) is 8.85. The molecule has 88 valence electrons. The molecule has 3 rings (SSSR count). The average molecular weight is 233 g/mol. The van der Waals surface area contributed by atoms with Gasteiger partial charge in [0, 0.05) is 0 Å². The molecular weight excluding hydrogens is 222 g/mol. The van der Waals surface area contributed by atoms with Gasteiger partial charge in [-0.15, -0.1) is 0 Å². The number of aromatic nitrogens is 4. The van der Waals surface area contributed by atoms with Crippen molar-refractivity contribution in [2.75, 3.05) is 5.73 Å². The van der Waals surface area contributed by atoms with Gasteiger partial charge in [0.2, 0.25) is 0 Å². The van der Waals surface area contributed by atoms with Crippen LogP contribution in [-0.4, -0.2) is 35.8 Å². The van der Waals surface area contributed by atoms with E-state index in [1.807, 2.05) is 0 Å². The molecule has 0 aromatic carbocycles. The Bertz CT molecular complexity index is 606. The molecule has 2 aromatic rings. The summed E-state index contributed by atoms with van der Waals surface area (Å²) in [6.45, 7) is 0. The van der Waals surface area contributed by atoms with Gasteiger partial charge in [0.25, 0.3) is 0 Å². The predicted molar refractivity (Wildman–Crippen MR) is 60.1 cm³/mol. The number of allylic oxidation sites excluding steroid dienone is 1. The van der Waals surface area contributed by atoms with Gasteiger partial charge in [-0.25, -0.2) is 15.0 Å². The van der Waals surface area contributed by atoms with Gasteiger partial charge in [-0.3, -0.25) is 0 Å². The Labute approximate surface area is 96.2 Å². The summed E-state index contributed by atoms with van der Waals surface area (Å²) in [7, 11) is 0. The molecule has 17 heavy (non-hydrogen) atoms. The van der Waals surface area contributed by atoms with Gasteiger partial charge >= 0.3 is 0 Å². The summed E-state index contributed by atoms with van der Waals surface area (Å²) in [4.78, 5) is 12.1. The van der Waals surface area contributed by atoms with E-state index in [2.05, 4.69) is 15.0 Å². The lowest BCUT2D eigenvalue weighted by Gasteiger charge is -2.17. The molecule has 1 aliphatic carbocycles. The van der Waals surface area contributed by atoms with Crippen molar-refractivity contribution in [3.05, 3.63) is 24.5 Å². The predicted octanol–water partition coefficient (Wildman–Crippen LogP) is 0.156. The molecular formula is C10H11N5O2. The summed E-state index contributed by atoms with van der Waals surface area (Å²) < 4.78 is 1.71. The van der Waals surface area contributed by atoms with E-state index in [1.54, 1.807) is 17.0 Å². The van der Waals surface area contributed by atoms with E-state index in [4.69, 9.17) is 5.73 Å². The first-order chi connectivity index (χ1) is 8.18. The van der Waals surface area contributed by atoms with Crippen LogP contribution in [0.1, 0.15) is 12.5 Å². The van der Waals surface area contributed by atoms with E-state index in [9.17, 15) is 10.2 Å². The van der Waals surface area contributed by atoms with E-state index in [0.29, 0.717) is 23.4 Å². The molecule has 0 aliphatic heterocycles. The van der Waals surface area contributed by atoms with Crippen molar-refractivity contribution in [3.63, 3.8) is 0 Å². The minimum atomic E-state index is -0.927. The highest BCUT2D eigenvalue weighted by Gasteiger charge is 2.30. The summed E-state index contributed by atoms with van der Waals surface area (Å²) in [5, 5.41) is 19.2. The smallest absolute Gasteiger partial charge is 0.165 e. The van der Waals surface area contributed by atoms with Crippen LogP contribution < -0.4 is 5.73 Å². The van der Waals surface area contributed by atoms with Crippen LogP contribution in [-0.2, 0) is 0 Å². The monoisotopic (exact) mass is 233 g/mol. The second-order valence-corrected chi connectivity index (χ2v) is 3.96. The van der Waals surface area contributed by atoms with Gasteiger partial charge in [0.1, 0.15) is 23.7 Å². The summed E-state index contributed by atoms with van der Waals surface area (Å²) >= 11 is 0. The van der Waals surface area contributed by atoms with E-state index in [-0.39, 0.29) is 11.8 Å². The van der Waals surface area contributed by atoms with Crippen molar-refractivity contribution in [1.29, 1.82) is 0 Å². The minimum Gasteiger partial charge on any atom is -0.510 e. The molecule has 7 heteroatoms. The first kappa shape index (κ1) is 10.0. The van der Waals surface area contributed by atoms with Crippen molar-refractivity contribution < 1.29 is 10.2 Å². The van der Waals surface area contributed by atoms with Crippen molar-refractivity contribution in [1.82, 2.24) is 19.5 Å². The summed E-state index contributed by atoms with van der Waals surface area (Å²) in [5.74, 6) is 0.289. The normalized spacial score (nSPS) is 24.2. The van der Waals surface area contributed by atoms with Gasteiger partial charge in [0.15, 0.2) is 11.5 Å². The van der Waals surface area contributed by atoms with Crippen molar-refractivity contribution >= 4 is 17.0 Å². The molecule has 2 atom stereocenters. The molecule has 4 N–H and O–H groups in total. The Morgan fingerprint density at radius 3 is 2.88 bits per heavy atom. The molecule has 2 heterocycles. The van der Waals surface area contributed by atoms with E-state index in [1.165, 1.54) is 6.33 Å². The van der Waals surface area contributed by atoms with Gasteiger partial charge in [-0.2, -0.15) is 0 Å².